The second-order valence-corrected chi connectivity index (χ2v) is 4.90. The van der Waals surface area contributed by atoms with Crippen molar-refractivity contribution in [3.05, 3.63) is 62.4 Å². The van der Waals surface area contributed by atoms with E-state index < -0.39 is 0 Å². The van der Waals surface area contributed by atoms with E-state index in [1.54, 1.807) is 6.07 Å². The van der Waals surface area contributed by atoms with Gasteiger partial charge in [0.1, 0.15) is 18.2 Å². The van der Waals surface area contributed by atoms with Crippen LogP contribution in [0, 0.1) is 9.39 Å². The van der Waals surface area contributed by atoms with Crippen LogP contribution in [0.2, 0.25) is 5.02 Å². The van der Waals surface area contributed by atoms with Crippen molar-refractivity contribution >= 4 is 34.2 Å². The minimum atomic E-state index is -0.331. The Kier molecular flexibility index (Phi) is 4.23. The molecule has 0 fully saturated rings. The molecule has 4 heteroatoms. The van der Waals surface area contributed by atoms with E-state index in [1.165, 1.54) is 6.07 Å². The Morgan fingerprint density at radius 1 is 1.12 bits per heavy atom. The molecule has 0 unspecified atom stereocenters. The Hall–Kier alpha value is -0.810. The first-order valence-electron chi connectivity index (χ1n) is 4.98. The van der Waals surface area contributed by atoms with E-state index in [0.29, 0.717) is 20.9 Å². The van der Waals surface area contributed by atoms with Gasteiger partial charge < -0.3 is 4.74 Å². The third-order valence-corrected chi connectivity index (χ3v) is 3.99. The molecule has 0 amide bonds. The molecule has 88 valence electrons. The molecule has 0 aliphatic heterocycles. The minimum absolute atomic E-state index is 0.321. The third kappa shape index (κ3) is 3.10. The largest absolute Gasteiger partial charge is 0.487 e. The maximum Gasteiger partial charge on any atom is 0.139 e. The zero-order valence-electron chi connectivity index (χ0n) is 8.79. The summed E-state index contributed by atoms with van der Waals surface area (Å²) in [6.45, 7) is 0.419. The topological polar surface area (TPSA) is 9.23 Å². The van der Waals surface area contributed by atoms with Crippen LogP contribution in [0.15, 0.2) is 42.5 Å². The number of ether oxygens (including phenoxy) is 1. The van der Waals surface area contributed by atoms with E-state index in [2.05, 4.69) is 0 Å². The molecule has 0 heterocycles. The van der Waals surface area contributed by atoms with Crippen molar-refractivity contribution in [3.8, 4) is 5.75 Å². The first-order chi connectivity index (χ1) is 8.18. The summed E-state index contributed by atoms with van der Waals surface area (Å²) in [6.07, 6.45) is 0. The minimum Gasteiger partial charge on any atom is -0.487 e. The lowest BCUT2D eigenvalue weighted by Crippen LogP contribution is -1.97. The van der Waals surface area contributed by atoms with Crippen LogP contribution in [-0.4, -0.2) is 0 Å². The van der Waals surface area contributed by atoms with E-state index in [9.17, 15) is 4.39 Å². The quantitative estimate of drug-likeness (QED) is 0.570. The maximum atomic E-state index is 13.2. The second-order valence-electron chi connectivity index (χ2n) is 3.45. The molecule has 0 saturated carbocycles. The zero-order valence-corrected chi connectivity index (χ0v) is 11.7. The summed E-state index contributed by atoms with van der Waals surface area (Å²) < 4.78 is 19.1. The van der Waals surface area contributed by atoms with Gasteiger partial charge in [-0.15, -0.1) is 0 Å². The molecule has 0 saturated heterocycles. The first kappa shape index (κ1) is 12.6. The van der Waals surface area contributed by atoms with Gasteiger partial charge in [0.05, 0.1) is 8.59 Å². The summed E-state index contributed by atoms with van der Waals surface area (Å²) >= 11 is 7.85. The third-order valence-electron chi connectivity index (χ3n) is 2.24. The van der Waals surface area contributed by atoms with E-state index >= 15 is 0 Å². The summed E-state index contributed by atoms with van der Waals surface area (Å²) in [5.74, 6) is 0.170. The fourth-order valence-electron chi connectivity index (χ4n) is 1.35. The van der Waals surface area contributed by atoms with Gasteiger partial charge in [-0.05, 0) is 40.3 Å². The predicted octanol–water partition coefficient (Wildman–Crippen LogP) is 4.66. The van der Waals surface area contributed by atoms with Crippen LogP contribution in [0.25, 0.3) is 0 Å². The molecular weight excluding hydrogens is 353 g/mol. The van der Waals surface area contributed by atoms with Crippen molar-refractivity contribution in [2.24, 2.45) is 0 Å². The van der Waals surface area contributed by atoms with Crippen LogP contribution in [0.1, 0.15) is 5.56 Å². The highest BCUT2D eigenvalue weighted by Gasteiger charge is 2.10. The number of rotatable bonds is 3. The van der Waals surface area contributed by atoms with Crippen LogP contribution >= 0.6 is 34.2 Å². The average molecular weight is 363 g/mol. The van der Waals surface area contributed by atoms with Crippen LogP contribution in [0.4, 0.5) is 4.39 Å². The van der Waals surface area contributed by atoms with E-state index in [0.717, 1.165) is 5.56 Å². The average Bonchev–Trinajstić information content (AvgIpc) is 2.36. The highest BCUT2D eigenvalue weighted by atomic mass is 127. The molecular formula is C13H9ClFIO. The molecule has 0 N–H and O–H groups in total. The molecule has 0 aliphatic carbocycles. The Balaban J connectivity index is 2.13. The number of hydrogen-bond acceptors (Lipinski definition) is 1. The van der Waals surface area contributed by atoms with E-state index in [-0.39, 0.29) is 5.82 Å². The van der Waals surface area contributed by atoms with Crippen molar-refractivity contribution in [1.29, 1.82) is 0 Å². The lowest BCUT2D eigenvalue weighted by atomic mass is 10.2. The maximum absolute atomic E-state index is 13.2. The highest BCUT2D eigenvalue weighted by molar-refractivity contribution is 14.1. The molecule has 17 heavy (non-hydrogen) atoms. The summed E-state index contributed by atoms with van der Waals surface area (Å²) in [5.41, 5.74) is 1.04. The normalized spacial score (nSPS) is 10.3. The fourth-order valence-corrected chi connectivity index (χ4v) is 2.01. The number of hydrogen-bond donors (Lipinski definition) is 0. The molecule has 2 rings (SSSR count). The smallest absolute Gasteiger partial charge is 0.139 e. The Bertz CT molecular complexity index is 516. The van der Waals surface area contributed by atoms with Gasteiger partial charge in [-0.1, -0.05) is 41.9 Å². The molecule has 0 bridgehead atoms. The van der Waals surface area contributed by atoms with Crippen molar-refractivity contribution < 1.29 is 9.13 Å². The van der Waals surface area contributed by atoms with E-state index in [1.807, 2.05) is 52.9 Å². The molecule has 0 radical (unpaired) electrons. The number of benzene rings is 2. The summed E-state index contributed by atoms with van der Waals surface area (Å²) in [6, 6.07) is 12.6. The lowest BCUT2D eigenvalue weighted by molar-refractivity contribution is 0.305. The standard InChI is InChI=1S/C13H9ClFIO/c14-12-11(7-6-10(15)13(12)16)17-8-9-4-2-1-3-5-9/h1-7H,8H2. The van der Waals surface area contributed by atoms with Gasteiger partial charge in [0.2, 0.25) is 0 Å². The van der Waals surface area contributed by atoms with Gasteiger partial charge in [-0.3, -0.25) is 0 Å². The van der Waals surface area contributed by atoms with Crippen molar-refractivity contribution in [3.63, 3.8) is 0 Å². The van der Waals surface area contributed by atoms with Crippen molar-refractivity contribution in [2.75, 3.05) is 0 Å². The van der Waals surface area contributed by atoms with E-state index in [4.69, 9.17) is 16.3 Å². The Morgan fingerprint density at radius 2 is 1.82 bits per heavy atom. The summed E-state index contributed by atoms with van der Waals surface area (Å²) in [7, 11) is 0. The highest BCUT2D eigenvalue weighted by Crippen LogP contribution is 2.31. The molecule has 0 spiro atoms. The molecule has 0 aromatic heterocycles. The summed E-state index contributed by atoms with van der Waals surface area (Å²) in [5, 5.41) is 0.321. The van der Waals surface area contributed by atoms with Gasteiger partial charge in [0.15, 0.2) is 0 Å². The number of halogens is 3. The van der Waals surface area contributed by atoms with Gasteiger partial charge in [0.25, 0.3) is 0 Å². The van der Waals surface area contributed by atoms with Crippen LogP contribution in [0.3, 0.4) is 0 Å². The predicted molar refractivity (Wildman–Crippen MR) is 74.9 cm³/mol. The summed E-state index contributed by atoms with van der Waals surface area (Å²) in [4.78, 5) is 0. The lowest BCUT2D eigenvalue weighted by Gasteiger charge is -2.09. The molecule has 0 atom stereocenters. The van der Waals surface area contributed by atoms with Gasteiger partial charge in [0, 0.05) is 0 Å². The Morgan fingerprint density at radius 3 is 2.53 bits per heavy atom. The molecule has 0 aliphatic rings. The van der Waals surface area contributed by atoms with Gasteiger partial charge in [-0.25, -0.2) is 4.39 Å². The van der Waals surface area contributed by atoms with Crippen molar-refractivity contribution in [2.45, 2.75) is 6.61 Å². The SMILES string of the molecule is Fc1ccc(OCc2ccccc2)c(Cl)c1I. The molecule has 2 aromatic carbocycles. The zero-order chi connectivity index (χ0) is 12.3. The fraction of sp³-hybridized carbons (Fsp3) is 0.0769. The monoisotopic (exact) mass is 362 g/mol. The van der Waals surface area contributed by atoms with Crippen molar-refractivity contribution in [1.82, 2.24) is 0 Å². The molecule has 2 aromatic rings. The second kappa shape index (κ2) is 5.69. The van der Waals surface area contributed by atoms with Crippen LogP contribution in [0.5, 0.6) is 5.75 Å². The van der Waals surface area contributed by atoms with Gasteiger partial charge in [-0.2, -0.15) is 0 Å². The molecule has 1 nitrogen and oxygen atoms in total. The first-order valence-corrected chi connectivity index (χ1v) is 6.44. The van der Waals surface area contributed by atoms with Crippen LogP contribution < -0.4 is 4.74 Å². The Labute approximate surface area is 118 Å². The van der Waals surface area contributed by atoms with Gasteiger partial charge >= 0.3 is 0 Å². The van der Waals surface area contributed by atoms with Crippen LogP contribution in [-0.2, 0) is 6.61 Å².